The average molecular weight is 244 g/mol. The van der Waals surface area contributed by atoms with Crippen LogP contribution in [0.1, 0.15) is 17.3 Å². The molecule has 0 radical (unpaired) electrons. The molecule has 18 heavy (non-hydrogen) atoms. The average Bonchev–Trinajstić information content (AvgIpc) is 2.42. The van der Waals surface area contributed by atoms with Crippen LogP contribution < -0.4 is 4.74 Å². The minimum atomic E-state index is -0.879. The van der Waals surface area contributed by atoms with E-state index in [9.17, 15) is 4.79 Å². The molecule has 0 heterocycles. The number of carbonyl (C=O) groups is 1. The molecule has 0 amide bonds. The Morgan fingerprint density at radius 1 is 1.00 bits per heavy atom. The third kappa shape index (κ3) is 5.16. The van der Waals surface area contributed by atoms with Gasteiger partial charge in [-0.25, -0.2) is 4.79 Å². The van der Waals surface area contributed by atoms with Crippen molar-refractivity contribution >= 4 is 5.97 Å². The van der Waals surface area contributed by atoms with E-state index in [0.29, 0.717) is 5.56 Å². The summed E-state index contributed by atoms with van der Waals surface area (Å²) in [5, 5.41) is 8.38. The molecule has 2 rings (SSSR count). The van der Waals surface area contributed by atoms with Gasteiger partial charge in [0.2, 0.25) is 0 Å². The lowest BCUT2D eigenvalue weighted by atomic mass is 10.2. The number of rotatable bonds is 3. The van der Waals surface area contributed by atoms with Gasteiger partial charge < -0.3 is 9.84 Å². The lowest BCUT2D eigenvalue weighted by molar-refractivity contribution is 0.0697. The summed E-state index contributed by atoms with van der Waals surface area (Å²) in [6.07, 6.45) is 0. The number of carboxylic acid groups (broad SMARTS) is 1. The van der Waals surface area contributed by atoms with Crippen LogP contribution >= 0.6 is 0 Å². The van der Waals surface area contributed by atoms with Gasteiger partial charge in [-0.05, 0) is 31.2 Å². The summed E-state index contributed by atoms with van der Waals surface area (Å²) in [7, 11) is 0. The van der Waals surface area contributed by atoms with Crippen LogP contribution in [0.3, 0.4) is 0 Å². The molecule has 0 saturated carbocycles. The van der Waals surface area contributed by atoms with Crippen LogP contribution in [-0.4, -0.2) is 17.7 Å². The van der Waals surface area contributed by atoms with Gasteiger partial charge in [0.25, 0.3) is 0 Å². The van der Waals surface area contributed by atoms with E-state index in [-0.39, 0.29) is 0 Å². The van der Waals surface area contributed by atoms with Gasteiger partial charge in [0.05, 0.1) is 12.2 Å². The van der Waals surface area contributed by atoms with Crippen LogP contribution in [0.15, 0.2) is 60.7 Å². The molecule has 2 aromatic carbocycles. The molecule has 0 saturated heterocycles. The zero-order valence-electron chi connectivity index (χ0n) is 10.2. The second-order valence-corrected chi connectivity index (χ2v) is 3.42. The predicted octanol–water partition coefficient (Wildman–Crippen LogP) is 3.47. The van der Waals surface area contributed by atoms with Crippen LogP contribution in [0.5, 0.6) is 5.75 Å². The highest BCUT2D eigenvalue weighted by molar-refractivity contribution is 5.87. The highest BCUT2D eigenvalue weighted by Gasteiger charge is 1.96. The largest absolute Gasteiger partial charge is 0.494 e. The molecular weight excluding hydrogens is 228 g/mol. The Kier molecular flexibility index (Phi) is 6.04. The molecular formula is C15H16O3. The van der Waals surface area contributed by atoms with E-state index in [0.717, 1.165) is 12.4 Å². The van der Waals surface area contributed by atoms with E-state index in [1.807, 2.05) is 37.3 Å². The van der Waals surface area contributed by atoms with E-state index < -0.39 is 5.97 Å². The van der Waals surface area contributed by atoms with E-state index in [1.165, 1.54) is 0 Å². The summed E-state index contributed by atoms with van der Waals surface area (Å²) < 4.78 is 5.21. The number of benzene rings is 2. The Morgan fingerprint density at radius 3 is 1.89 bits per heavy atom. The summed E-state index contributed by atoms with van der Waals surface area (Å²) in [6.45, 7) is 2.72. The molecule has 0 aromatic heterocycles. The smallest absolute Gasteiger partial charge is 0.335 e. The molecule has 0 unspecified atom stereocenters. The first-order valence-electron chi connectivity index (χ1n) is 5.70. The van der Waals surface area contributed by atoms with Gasteiger partial charge in [-0.15, -0.1) is 0 Å². The summed E-state index contributed by atoms with van der Waals surface area (Å²) >= 11 is 0. The van der Waals surface area contributed by atoms with Crippen molar-refractivity contribution in [3.05, 3.63) is 66.2 Å². The van der Waals surface area contributed by atoms with Gasteiger partial charge in [0.1, 0.15) is 5.75 Å². The lowest BCUT2D eigenvalue weighted by Crippen LogP contribution is -1.93. The van der Waals surface area contributed by atoms with Gasteiger partial charge in [0, 0.05) is 0 Å². The number of ether oxygens (including phenoxy) is 1. The molecule has 94 valence electrons. The molecule has 0 aliphatic carbocycles. The molecule has 3 nitrogen and oxygen atoms in total. The van der Waals surface area contributed by atoms with Crippen molar-refractivity contribution in [2.45, 2.75) is 6.92 Å². The normalized spacial score (nSPS) is 8.94. The quantitative estimate of drug-likeness (QED) is 0.899. The third-order valence-corrected chi connectivity index (χ3v) is 2.07. The van der Waals surface area contributed by atoms with Gasteiger partial charge in [0.15, 0.2) is 0 Å². The highest BCUT2D eigenvalue weighted by Crippen LogP contribution is 2.06. The van der Waals surface area contributed by atoms with Crippen molar-refractivity contribution in [3.63, 3.8) is 0 Å². The summed E-state index contributed by atoms with van der Waals surface area (Å²) in [6, 6.07) is 18.1. The van der Waals surface area contributed by atoms with Gasteiger partial charge >= 0.3 is 5.97 Å². The first-order chi connectivity index (χ1) is 8.74. The maximum Gasteiger partial charge on any atom is 0.335 e. The Bertz CT molecular complexity index is 452. The van der Waals surface area contributed by atoms with Crippen LogP contribution in [0.25, 0.3) is 0 Å². The van der Waals surface area contributed by atoms with E-state index in [4.69, 9.17) is 9.84 Å². The maximum absolute atomic E-state index is 10.2. The van der Waals surface area contributed by atoms with Crippen molar-refractivity contribution in [3.8, 4) is 5.75 Å². The monoisotopic (exact) mass is 244 g/mol. The Labute approximate surface area is 107 Å². The molecule has 1 N–H and O–H groups in total. The molecule has 0 spiro atoms. The number of aromatic carboxylic acids is 1. The Hall–Kier alpha value is -2.29. The van der Waals surface area contributed by atoms with Crippen molar-refractivity contribution in [1.29, 1.82) is 0 Å². The molecule has 0 fully saturated rings. The van der Waals surface area contributed by atoms with E-state index in [1.54, 1.807) is 30.3 Å². The van der Waals surface area contributed by atoms with Crippen molar-refractivity contribution < 1.29 is 14.6 Å². The van der Waals surface area contributed by atoms with E-state index in [2.05, 4.69) is 0 Å². The van der Waals surface area contributed by atoms with Gasteiger partial charge in [-0.2, -0.15) is 0 Å². The summed E-state index contributed by atoms with van der Waals surface area (Å²) in [5.74, 6) is 0.0654. The van der Waals surface area contributed by atoms with E-state index >= 15 is 0 Å². The molecule has 2 aromatic rings. The fraction of sp³-hybridized carbons (Fsp3) is 0.133. The molecule has 0 bridgehead atoms. The lowest BCUT2D eigenvalue weighted by Gasteiger charge is -1.99. The van der Waals surface area contributed by atoms with Gasteiger partial charge in [-0.3, -0.25) is 0 Å². The zero-order chi connectivity index (χ0) is 13.2. The summed E-state index contributed by atoms with van der Waals surface area (Å²) in [5.41, 5.74) is 0.331. The minimum absolute atomic E-state index is 0.331. The van der Waals surface area contributed by atoms with Crippen LogP contribution in [0, 0.1) is 0 Å². The number of para-hydroxylation sites is 1. The predicted molar refractivity (Wildman–Crippen MR) is 71.0 cm³/mol. The van der Waals surface area contributed by atoms with Crippen molar-refractivity contribution in [2.24, 2.45) is 0 Å². The Morgan fingerprint density at radius 2 is 1.50 bits per heavy atom. The first kappa shape index (κ1) is 13.8. The number of carboxylic acids is 1. The van der Waals surface area contributed by atoms with Crippen molar-refractivity contribution in [1.82, 2.24) is 0 Å². The third-order valence-electron chi connectivity index (χ3n) is 2.07. The van der Waals surface area contributed by atoms with Crippen LogP contribution in [0.2, 0.25) is 0 Å². The second kappa shape index (κ2) is 7.90. The number of hydrogen-bond donors (Lipinski definition) is 1. The first-order valence-corrected chi connectivity index (χ1v) is 5.70. The fourth-order valence-corrected chi connectivity index (χ4v) is 1.26. The fourth-order valence-electron chi connectivity index (χ4n) is 1.26. The topological polar surface area (TPSA) is 46.5 Å². The molecule has 0 aliphatic rings. The van der Waals surface area contributed by atoms with Crippen LogP contribution in [-0.2, 0) is 0 Å². The molecule has 0 aliphatic heterocycles. The standard InChI is InChI=1S/C8H10O.C7H6O2/c1-2-9-8-6-4-3-5-7-8;8-7(9)6-4-2-1-3-5-6/h3-7H,2H2,1H3;1-5H,(H,8,9). The van der Waals surface area contributed by atoms with Gasteiger partial charge in [-0.1, -0.05) is 36.4 Å². The molecule has 3 heteroatoms. The van der Waals surface area contributed by atoms with Crippen LogP contribution in [0.4, 0.5) is 0 Å². The maximum atomic E-state index is 10.2. The highest BCUT2D eigenvalue weighted by atomic mass is 16.5. The minimum Gasteiger partial charge on any atom is -0.494 e. The molecule has 0 atom stereocenters. The summed E-state index contributed by atoms with van der Waals surface area (Å²) in [4.78, 5) is 10.2. The Balaban J connectivity index is 0.000000180. The zero-order valence-corrected chi connectivity index (χ0v) is 10.2. The SMILES string of the molecule is CCOc1ccccc1.O=C(O)c1ccccc1. The second-order valence-electron chi connectivity index (χ2n) is 3.42. The van der Waals surface area contributed by atoms with Crippen molar-refractivity contribution in [2.75, 3.05) is 6.61 Å². The number of hydrogen-bond acceptors (Lipinski definition) is 2.